The maximum absolute atomic E-state index is 13.1. The van der Waals surface area contributed by atoms with E-state index >= 15 is 0 Å². The van der Waals surface area contributed by atoms with E-state index in [1.807, 2.05) is 73.7 Å². The smallest absolute Gasteiger partial charge is 0.256 e. The molecule has 0 aliphatic rings. The van der Waals surface area contributed by atoms with Gasteiger partial charge in [-0.15, -0.1) is 0 Å². The van der Waals surface area contributed by atoms with Gasteiger partial charge < -0.3 is 5.32 Å². The SMILES string of the molecule is Cc1ccccc1-c1cc(C(=O)Nc2ccc(Br)cc2)c2cccc(Cl)c2n1. The molecular weight excluding hydrogens is 436 g/mol. The summed E-state index contributed by atoms with van der Waals surface area (Å²) in [5.74, 6) is -0.202. The Morgan fingerprint density at radius 3 is 2.50 bits per heavy atom. The topological polar surface area (TPSA) is 42.0 Å². The molecular formula is C23H16BrClN2O. The second-order valence-electron chi connectivity index (χ2n) is 6.47. The number of hydrogen-bond acceptors (Lipinski definition) is 2. The molecule has 0 saturated carbocycles. The molecule has 0 aliphatic heterocycles. The van der Waals surface area contributed by atoms with Crippen LogP contribution in [-0.4, -0.2) is 10.9 Å². The third kappa shape index (κ3) is 3.66. The Labute approximate surface area is 176 Å². The summed E-state index contributed by atoms with van der Waals surface area (Å²) in [6, 6.07) is 22.7. The molecule has 0 spiro atoms. The van der Waals surface area contributed by atoms with Gasteiger partial charge in [-0.2, -0.15) is 0 Å². The van der Waals surface area contributed by atoms with Crippen LogP contribution in [0.3, 0.4) is 0 Å². The maximum Gasteiger partial charge on any atom is 0.256 e. The number of halogens is 2. The first kappa shape index (κ1) is 18.7. The summed E-state index contributed by atoms with van der Waals surface area (Å²) in [6.45, 7) is 2.02. The summed E-state index contributed by atoms with van der Waals surface area (Å²) in [7, 11) is 0. The predicted molar refractivity (Wildman–Crippen MR) is 119 cm³/mol. The molecule has 1 heterocycles. The molecule has 3 aromatic carbocycles. The molecule has 0 fully saturated rings. The maximum atomic E-state index is 13.1. The number of nitrogens with zero attached hydrogens (tertiary/aromatic N) is 1. The van der Waals surface area contributed by atoms with E-state index in [1.54, 1.807) is 6.07 Å². The van der Waals surface area contributed by atoms with E-state index in [2.05, 4.69) is 21.2 Å². The quantitative estimate of drug-likeness (QED) is 0.369. The number of hydrogen-bond donors (Lipinski definition) is 1. The molecule has 5 heteroatoms. The number of carbonyl (C=O) groups is 1. The number of pyridine rings is 1. The van der Waals surface area contributed by atoms with Crippen molar-refractivity contribution in [2.45, 2.75) is 6.92 Å². The van der Waals surface area contributed by atoms with E-state index in [0.29, 0.717) is 16.1 Å². The van der Waals surface area contributed by atoms with Crippen molar-refractivity contribution in [3.8, 4) is 11.3 Å². The molecule has 1 amide bonds. The van der Waals surface area contributed by atoms with Crippen LogP contribution in [0.1, 0.15) is 15.9 Å². The zero-order chi connectivity index (χ0) is 19.7. The van der Waals surface area contributed by atoms with Gasteiger partial charge in [0.15, 0.2) is 0 Å². The second kappa shape index (κ2) is 7.74. The standard InChI is InChI=1S/C23H16BrClN2O/c1-14-5-2-3-6-17(14)21-13-19(18-7-4-8-20(25)22(18)27-21)23(28)26-16-11-9-15(24)10-12-16/h2-13H,1H3,(H,26,28). The summed E-state index contributed by atoms with van der Waals surface area (Å²) in [4.78, 5) is 17.8. The van der Waals surface area contributed by atoms with Crippen molar-refractivity contribution in [2.24, 2.45) is 0 Å². The minimum Gasteiger partial charge on any atom is -0.322 e. The van der Waals surface area contributed by atoms with Crippen LogP contribution in [0.2, 0.25) is 5.02 Å². The van der Waals surface area contributed by atoms with E-state index in [9.17, 15) is 4.79 Å². The lowest BCUT2D eigenvalue weighted by Gasteiger charge is -2.12. The Morgan fingerprint density at radius 1 is 1.00 bits per heavy atom. The molecule has 0 aliphatic carbocycles. The zero-order valence-corrected chi connectivity index (χ0v) is 17.4. The van der Waals surface area contributed by atoms with E-state index in [-0.39, 0.29) is 5.91 Å². The van der Waals surface area contributed by atoms with Crippen molar-refractivity contribution < 1.29 is 4.79 Å². The monoisotopic (exact) mass is 450 g/mol. The van der Waals surface area contributed by atoms with E-state index in [1.165, 1.54) is 0 Å². The first-order chi connectivity index (χ1) is 13.5. The van der Waals surface area contributed by atoms with Crippen LogP contribution in [-0.2, 0) is 0 Å². The lowest BCUT2D eigenvalue weighted by molar-refractivity contribution is 0.102. The van der Waals surface area contributed by atoms with Crippen molar-refractivity contribution in [1.29, 1.82) is 0 Å². The number of fused-ring (bicyclic) bond motifs is 1. The molecule has 0 atom stereocenters. The van der Waals surface area contributed by atoms with E-state index < -0.39 is 0 Å². The van der Waals surface area contributed by atoms with Gasteiger partial charge in [0.2, 0.25) is 0 Å². The molecule has 3 nitrogen and oxygen atoms in total. The Hall–Kier alpha value is -2.69. The van der Waals surface area contributed by atoms with Crippen molar-refractivity contribution in [1.82, 2.24) is 4.98 Å². The number of anilines is 1. The zero-order valence-electron chi connectivity index (χ0n) is 15.0. The Morgan fingerprint density at radius 2 is 1.75 bits per heavy atom. The summed E-state index contributed by atoms with van der Waals surface area (Å²) in [5.41, 5.74) is 4.65. The van der Waals surface area contributed by atoms with Gasteiger partial charge in [-0.1, -0.05) is 63.9 Å². The van der Waals surface area contributed by atoms with Gasteiger partial charge in [-0.25, -0.2) is 4.98 Å². The molecule has 138 valence electrons. The van der Waals surface area contributed by atoms with Crippen molar-refractivity contribution >= 4 is 50.0 Å². The third-order valence-corrected chi connectivity index (χ3v) is 5.39. The molecule has 4 rings (SSSR count). The number of amides is 1. The van der Waals surface area contributed by atoms with E-state index in [0.717, 1.165) is 32.4 Å². The van der Waals surface area contributed by atoms with Crippen LogP contribution in [0.25, 0.3) is 22.2 Å². The minimum atomic E-state index is -0.202. The number of carbonyl (C=O) groups excluding carboxylic acids is 1. The van der Waals surface area contributed by atoms with Crippen LogP contribution in [0.4, 0.5) is 5.69 Å². The number of aromatic nitrogens is 1. The largest absolute Gasteiger partial charge is 0.322 e. The van der Waals surface area contributed by atoms with Gasteiger partial charge >= 0.3 is 0 Å². The molecule has 0 saturated heterocycles. The average molecular weight is 452 g/mol. The lowest BCUT2D eigenvalue weighted by atomic mass is 10.0. The molecule has 28 heavy (non-hydrogen) atoms. The lowest BCUT2D eigenvalue weighted by Crippen LogP contribution is -2.13. The highest BCUT2D eigenvalue weighted by Crippen LogP contribution is 2.31. The van der Waals surface area contributed by atoms with Crippen molar-refractivity contribution in [2.75, 3.05) is 5.32 Å². The second-order valence-corrected chi connectivity index (χ2v) is 7.79. The first-order valence-corrected chi connectivity index (χ1v) is 9.92. The highest BCUT2D eigenvalue weighted by atomic mass is 79.9. The van der Waals surface area contributed by atoms with Gasteiger partial charge in [-0.05, 0) is 48.9 Å². The molecule has 1 aromatic heterocycles. The Bertz CT molecular complexity index is 1190. The van der Waals surface area contributed by atoms with Crippen LogP contribution in [0, 0.1) is 6.92 Å². The van der Waals surface area contributed by atoms with Crippen LogP contribution >= 0.6 is 27.5 Å². The van der Waals surface area contributed by atoms with Crippen LogP contribution in [0.5, 0.6) is 0 Å². The fourth-order valence-electron chi connectivity index (χ4n) is 3.13. The average Bonchev–Trinajstić information content (AvgIpc) is 2.70. The molecule has 1 N–H and O–H groups in total. The number of aryl methyl sites for hydroxylation is 1. The summed E-state index contributed by atoms with van der Waals surface area (Å²) < 4.78 is 0.952. The fraction of sp³-hybridized carbons (Fsp3) is 0.0435. The number of nitrogens with one attached hydrogen (secondary N) is 1. The number of benzene rings is 3. The van der Waals surface area contributed by atoms with Gasteiger partial charge in [-0.3, -0.25) is 4.79 Å². The molecule has 0 unspecified atom stereocenters. The highest BCUT2D eigenvalue weighted by Gasteiger charge is 2.16. The fourth-order valence-corrected chi connectivity index (χ4v) is 3.61. The third-order valence-electron chi connectivity index (χ3n) is 4.56. The normalized spacial score (nSPS) is 10.8. The van der Waals surface area contributed by atoms with E-state index in [4.69, 9.17) is 16.6 Å². The summed E-state index contributed by atoms with van der Waals surface area (Å²) in [6.07, 6.45) is 0. The van der Waals surface area contributed by atoms with Gasteiger partial charge in [0, 0.05) is 21.1 Å². The Balaban J connectivity index is 1.86. The summed E-state index contributed by atoms with van der Waals surface area (Å²) in [5, 5.41) is 4.20. The highest BCUT2D eigenvalue weighted by molar-refractivity contribution is 9.10. The van der Waals surface area contributed by atoms with Gasteiger partial charge in [0.1, 0.15) is 0 Å². The summed E-state index contributed by atoms with van der Waals surface area (Å²) >= 11 is 9.81. The molecule has 0 radical (unpaired) electrons. The number of para-hydroxylation sites is 1. The predicted octanol–water partition coefficient (Wildman–Crippen LogP) is 6.88. The van der Waals surface area contributed by atoms with Gasteiger partial charge in [0.25, 0.3) is 5.91 Å². The minimum absolute atomic E-state index is 0.202. The molecule has 4 aromatic rings. The molecule has 0 bridgehead atoms. The van der Waals surface area contributed by atoms with Gasteiger partial charge in [0.05, 0.1) is 21.8 Å². The van der Waals surface area contributed by atoms with Crippen LogP contribution < -0.4 is 5.32 Å². The van der Waals surface area contributed by atoms with Crippen molar-refractivity contribution in [3.05, 3.63) is 93.4 Å². The van der Waals surface area contributed by atoms with Crippen molar-refractivity contribution in [3.63, 3.8) is 0 Å². The number of rotatable bonds is 3. The van der Waals surface area contributed by atoms with Crippen LogP contribution in [0.15, 0.2) is 77.3 Å². The first-order valence-electron chi connectivity index (χ1n) is 8.75. The Kier molecular flexibility index (Phi) is 5.16.